The van der Waals surface area contributed by atoms with Crippen molar-refractivity contribution in [2.75, 3.05) is 25.6 Å². The van der Waals surface area contributed by atoms with Gasteiger partial charge in [0.2, 0.25) is 0 Å². The van der Waals surface area contributed by atoms with Gasteiger partial charge in [0.05, 0.1) is 13.7 Å². The van der Waals surface area contributed by atoms with E-state index in [1.807, 2.05) is 37.3 Å². The topological polar surface area (TPSA) is 98.0 Å². The summed E-state index contributed by atoms with van der Waals surface area (Å²) < 4.78 is 10.9. The quantitative estimate of drug-likeness (QED) is 0.480. The molecule has 2 aromatic carbocycles. The molecule has 0 radical (unpaired) electrons. The summed E-state index contributed by atoms with van der Waals surface area (Å²) in [7, 11) is 1.55. The van der Waals surface area contributed by atoms with Crippen LogP contribution in [-0.4, -0.2) is 32.1 Å². The van der Waals surface area contributed by atoms with Gasteiger partial charge in [-0.15, -0.1) is 0 Å². The average molecular weight is 384 g/mol. The zero-order valence-electron chi connectivity index (χ0n) is 16.8. The van der Waals surface area contributed by atoms with Crippen LogP contribution in [0.15, 0.2) is 41.4 Å². The largest absolute Gasteiger partial charge is 0.493 e. The van der Waals surface area contributed by atoms with Crippen molar-refractivity contribution in [3.8, 4) is 11.5 Å². The number of likely N-dealkylation sites (N-methyl/N-ethyl adjacent to an activating group) is 1. The van der Waals surface area contributed by atoms with Crippen molar-refractivity contribution < 1.29 is 14.3 Å². The van der Waals surface area contributed by atoms with Crippen LogP contribution in [0, 0.1) is 13.8 Å². The first-order valence-corrected chi connectivity index (χ1v) is 9.13. The molecule has 0 bridgehead atoms. The Morgan fingerprint density at radius 2 is 1.89 bits per heavy atom. The zero-order valence-corrected chi connectivity index (χ0v) is 16.8. The number of nitrogens with zero attached hydrogens (tertiary/aromatic N) is 1. The molecule has 0 atom stereocenters. The average Bonchev–Trinajstić information content (AvgIpc) is 2.68. The van der Waals surface area contributed by atoms with Crippen LogP contribution in [-0.2, 0) is 11.3 Å². The van der Waals surface area contributed by atoms with E-state index in [0.717, 1.165) is 11.3 Å². The van der Waals surface area contributed by atoms with Crippen LogP contribution in [0.5, 0.6) is 11.5 Å². The first-order valence-electron chi connectivity index (χ1n) is 9.13. The Morgan fingerprint density at radius 3 is 2.57 bits per heavy atom. The predicted octanol–water partition coefficient (Wildman–Crippen LogP) is 2.75. The van der Waals surface area contributed by atoms with Gasteiger partial charge in [-0.3, -0.25) is 4.79 Å². The maximum Gasteiger partial charge on any atom is 0.257 e. The molecule has 2 rings (SSSR count). The van der Waals surface area contributed by atoms with Crippen LogP contribution in [0.4, 0.5) is 5.69 Å². The maximum absolute atomic E-state index is 11.5. The molecule has 28 heavy (non-hydrogen) atoms. The molecule has 7 heteroatoms. The lowest BCUT2D eigenvalue weighted by molar-refractivity contribution is -0.123. The van der Waals surface area contributed by atoms with Crippen molar-refractivity contribution in [1.29, 1.82) is 0 Å². The van der Waals surface area contributed by atoms with E-state index in [2.05, 4.69) is 29.5 Å². The maximum atomic E-state index is 11.5. The van der Waals surface area contributed by atoms with Crippen molar-refractivity contribution in [2.24, 2.45) is 10.7 Å². The second-order valence-electron chi connectivity index (χ2n) is 6.35. The van der Waals surface area contributed by atoms with Gasteiger partial charge in [0.1, 0.15) is 0 Å². The number of amides is 1. The van der Waals surface area contributed by atoms with Gasteiger partial charge < -0.3 is 25.8 Å². The molecule has 0 fully saturated rings. The van der Waals surface area contributed by atoms with E-state index >= 15 is 0 Å². The summed E-state index contributed by atoms with van der Waals surface area (Å²) in [6.45, 7) is 6.86. The Labute approximate surface area is 165 Å². The number of aryl methyl sites for hydroxylation is 2. The van der Waals surface area contributed by atoms with Crippen molar-refractivity contribution >= 4 is 17.6 Å². The van der Waals surface area contributed by atoms with Gasteiger partial charge in [-0.05, 0) is 61.7 Å². The SMILES string of the molecule is CCNC(=O)COc1ccc(CN=C(N)Nc2ccc(C)c(C)c2)cc1OC. The number of methoxy groups -OCH3 is 1. The normalized spacial score (nSPS) is 11.1. The Morgan fingerprint density at radius 1 is 1.11 bits per heavy atom. The number of carbonyl (C=O) groups is 1. The summed E-state index contributed by atoms with van der Waals surface area (Å²) in [5.74, 6) is 1.20. The molecule has 0 aromatic heterocycles. The van der Waals surface area contributed by atoms with E-state index in [4.69, 9.17) is 15.2 Å². The minimum Gasteiger partial charge on any atom is -0.493 e. The number of rotatable bonds is 8. The fraction of sp³-hybridized carbons (Fsp3) is 0.333. The van der Waals surface area contributed by atoms with E-state index in [1.165, 1.54) is 11.1 Å². The highest BCUT2D eigenvalue weighted by Crippen LogP contribution is 2.28. The third-order valence-electron chi connectivity index (χ3n) is 4.17. The summed E-state index contributed by atoms with van der Waals surface area (Å²) in [5, 5.41) is 5.77. The molecule has 1 amide bonds. The smallest absolute Gasteiger partial charge is 0.257 e. The van der Waals surface area contributed by atoms with E-state index in [-0.39, 0.29) is 12.5 Å². The number of nitrogens with one attached hydrogen (secondary N) is 2. The van der Waals surface area contributed by atoms with Crippen LogP contribution in [0.25, 0.3) is 0 Å². The monoisotopic (exact) mass is 384 g/mol. The second kappa shape index (κ2) is 10.2. The van der Waals surface area contributed by atoms with Crippen molar-refractivity contribution in [1.82, 2.24) is 5.32 Å². The number of nitrogens with two attached hydrogens (primary N) is 1. The van der Waals surface area contributed by atoms with Crippen LogP contribution in [0.1, 0.15) is 23.6 Å². The molecule has 0 aliphatic heterocycles. The number of benzene rings is 2. The summed E-state index contributed by atoms with van der Waals surface area (Å²) in [4.78, 5) is 15.9. The van der Waals surface area contributed by atoms with E-state index < -0.39 is 0 Å². The fourth-order valence-corrected chi connectivity index (χ4v) is 2.50. The number of carbonyl (C=O) groups excluding carboxylic acids is 1. The van der Waals surface area contributed by atoms with Gasteiger partial charge in [0.25, 0.3) is 5.91 Å². The number of hydrogen-bond acceptors (Lipinski definition) is 4. The first-order chi connectivity index (χ1) is 13.4. The van der Waals surface area contributed by atoms with Gasteiger partial charge in [-0.1, -0.05) is 12.1 Å². The Kier molecular flexibility index (Phi) is 7.68. The minimum absolute atomic E-state index is 0.0610. The molecule has 7 nitrogen and oxygen atoms in total. The van der Waals surface area contributed by atoms with Crippen LogP contribution in [0.2, 0.25) is 0 Å². The Hall–Kier alpha value is -3.22. The first kappa shape index (κ1) is 21.1. The molecular weight excluding hydrogens is 356 g/mol. The lowest BCUT2D eigenvalue weighted by Crippen LogP contribution is -2.28. The highest BCUT2D eigenvalue weighted by Gasteiger charge is 2.08. The number of hydrogen-bond donors (Lipinski definition) is 3. The third kappa shape index (κ3) is 6.19. The van der Waals surface area contributed by atoms with Crippen molar-refractivity contribution in [3.05, 3.63) is 53.1 Å². The third-order valence-corrected chi connectivity index (χ3v) is 4.17. The highest BCUT2D eigenvalue weighted by atomic mass is 16.5. The van der Waals surface area contributed by atoms with Crippen molar-refractivity contribution in [2.45, 2.75) is 27.3 Å². The number of guanidine groups is 1. The molecule has 0 aliphatic carbocycles. The predicted molar refractivity (Wildman–Crippen MR) is 112 cm³/mol. The number of ether oxygens (including phenoxy) is 2. The molecule has 4 N–H and O–H groups in total. The zero-order chi connectivity index (χ0) is 20.5. The lowest BCUT2D eigenvalue weighted by atomic mass is 10.1. The molecule has 0 spiro atoms. The van der Waals surface area contributed by atoms with Gasteiger partial charge >= 0.3 is 0 Å². The van der Waals surface area contributed by atoms with Crippen LogP contribution in [0.3, 0.4) is 0 Å². The van der Waals surface area contributed by atoms with E-state index in [1.54, 1.807) is 13.2 Å². The molecule has 2 aromatic rings. The van der Waals surface area contributed by atoms with Crippen LogP contribution < -0.4 is 25.8 Å². The molecule has 0 saturated carbocycles. The van der Waals surface area contributed by atoms with Gasteiger partial charge in [0, 0.05) is 12.2 Å². The molecule has 0 saturated heterocycles. The summed E-state index contributed by atoms with van der Waals surface area (Å²) in [6, 6.07) is 11.5. The number of anilines is 1. The highest BCUT2D eigenvalue weighted by molar-refractivity contribution is 5.92. The van der Waals surface area contributed by atoms with E-state index in [9.17, 15) is 4.79 Å². The summed E-state index contributed by atoms with van der Waals surface area (Å²) in [6.07, 6.45) is 0. The molecular formula is C21H28N4O3. The molecule has 0 aliphatic rings. The van der Waals surface area contributed by atoms with Gasteiger partial charge in [-0.2, -0.15) is 0 Å². The minimum atomic E-state index is -0.177. The van der Waals surface area contributed by atoms with Crippen LogP contribution >= 0.6 is 0 Å². The second-order valence-corrected chi connectivity index (χ2v) is 6.35. The lowest BCUT2D eigenvalue weighted by Gasteiger charge is -2.12. The molecule has 0 heterocycles. The summed E-state index contributed by atoms with van der Waals surface area (Å²) >= 11 is 0. The fourth-order valence-electron chi connectivity index (χ4n) is 2.50. The van der Waals surface area contributed by atoms with Crippen molar-refractivity contribution in [3.63, 3.8) is 0 Å². The standard InChI is InChI=1S/C21H28N4O3/c1-5-23-20(26)13-28-18-9-7-16(11-19(18)27-4)12-24-21(22)25-17-8-6-14(2)15(3)10-17/h6-11H,5,12-13H2,1-4H3,(H,23,26)(H3,22,24,25). The number of aliphatic imine (C=N–C) groups is 1. The Bertz CT molecular complexity index is 850. The van der Waals surface area contributed by atoms with E-state index in [0.29, 0.717) is 30.5 Å². The van der Waals surface area contributed by atoms with Gasteiger partial charge in [0.15, 0.2) is 24.1 Å². The molecule has 150 valence electrons. The Balaban J connectivity index is 1.99. The van der Waals surface area contributed by atoms with Gasteiger partial charge in [-0.25, -0.2) is 4.99 Å². The molecule has 0 unspecified atom stereocenters. The summed E-state index contributed by atoms with van der Waals surface area (Å²) in [5.41, 5.74) is 10.2.